The van der Waals surface area contributed by atoms with Crippen molar-refractivity contribution in [3.63, 3.8) is 0 Å². The van der Waals surface area contributed by atoms with E-state index in [1.54, 1.807) is 60.7 Å². The number of carbonyl (C=O) groups excluding carboxylic acids is 2. The number of benzene rings is 3. The topological polar surface area (TPSA) is 92.2 Å². The number of nitrogens with one attached hydrogen (secondary N) is 1. The van der Waals surface area contributed by atoms with Crippen molar-refractivity contribution >= 4 is 28.3 Å². The van der Waals surface area contributed by atoms with Crippen LogP contribution < -0.4 is 0 Å². The van der Waals surface area contributed by atoms with Gasteiger partial charge in [-0.3, -0.25) is 9.59 Å². The zero-order valence-corrected chi connectivity index (χ0v) is 13.9. The molecule has 0 unspecified atom stereocenters. The van der Waals surface area contributed by atoms with E-state index in [1.165, 1.54) is 0 Å². The lowest BCUT2D eigenvalue weighted by atomic mass is 9.83. The maximum Gasteiger partial charge on any atom is 0.196 e. The van der Waals surface area contributed by atoms with Crippen molar-refractivity contribution in [1.82, 2.24) is 9.97 Å². The SMILES string of the molecule is O=Nc1ccc(-c2nc3ccc4c(c3[nH]2)C(=O)c2ccccc2C4=O)cc1. The average Bonchev–Trinajstić information content (AvgIpc) is 3.16. The fraction of sp³-hybridized carbons (Fsp3) is 0. The number of carbonyl (C=O) groups is 2. The smallest absolute Gasteiger partial charge is 0.196 e. The van der Waals surface area contributed by atoms with Gasteiger partial charge in [-0.15, -0.1) is 4.91 Å². The van der Waals surface area contributed by atoms with Crippen LogP contribution in [-0.4, -0.2) is 21.5 Å². The molecule has 3 aromatic carbocycles. The number of aromatic amines is 1. The molecule has 1 aliphatic carbocycles. The minimum atomic E-state index is -0.193. The van der Waals surface area contributed by atoms with E-state index in [0.717, 1.165) is 5.56 Å². The normalized spacial score (nSPS) is 12.7. The summed E-state index contributed by atoms with van der Waals surface area (Å²) in [7, 11) is 0. The number of nitroso groups, excluding NO2 is 1. The Balaban J connectivity index is 1.72. The van der Waals surface area contributed by atoms with Crippen molar-refractivity contribution in [2.24, 2.45) is 5.18 Å². The van der Waals surface area contributed by atoms with Gasteiger partial charge in [0.1, 0.15) is 11.5 Å². The number of fused-ring (bicyclic) bond motifs is 4. The van der Waals surface area contributed by atoms with Crippen molar-refractivity contribution in [2.45, 2.75) is 0 Å². The molecule has 0 spiro atoms. The molecule has 1 N–H and O–H groups in total. The largest absolute Gasteiger partial charge is 0.337 e. The molecule has 0 amide bonds. The molecule has 128 valence electrons. The number of hydrogen-bond acceptors (Lipinski definition) is 5. The van der Waals surface area contributed by atoms with Gasteiger partial charge in [-0.2, -0.15) is 0 Å². The number of rotatable bonds is 2. The van der Waals surface area contributed by atoms with E-state index >= 15 is 0 Å². The van der Waals surface area contributed by atoms with Crippen LogP contribution in [0.4, 0.5) is 5.69 Å². The van der Waals surface area contributed by atoms with Crippen molar-refractivity contribution in [3.8, 4) is 11.4 Å². The summed E-state index contributed by atoms with van der Waals surface area (Å²) >= 11 is 0. The molecule has 0 saturated carbocycles. The molecule has 4 aromatic rings. The lowest BCUT2D eigenvalue weighted by molar-refractivity contribution is 0.0980. The van der Waals surface area contributed by atoms with Gasteiger partial charge in [0, 0.05) is 22.3 Å². The van der Waals surface area contributed by atoms with Crippen LogP contribution in [0.2, 0.25) is 0 Å². The zero-order chi connectivity index (χ0) is 18.5. The molecule has 0 atom stereocenters. The molecular weight excluding hydrogens is 342 g/mol. The van der Waals surface area contributed by atoms with E-state index in [4.69, 9.17) is 0 Å². The van der Waals surface area contributed by atoms with Crippen molar-refractivity contribution in [2.75, 3.05) is 0 Å². The molecule has 0 bridgehead atoms. The minimum absolute atomic E-state index is 0.167. The van der Waals surface area contributed by atoms with Gasteiger partial charge in [0.05, 0.1) is 16.6 Å². The van der Waals surface area contributed by atoms with Crippen molar-refractivity contribution in [1.29, 1.82) is 0 Å². The van der Waals surface area contributed by atoms with Gasteiger partial charge in [0.25, 0.3) is 0 Å². The first-order chi connectivity index (χ1) is 13.2. The third-order valence-electron chi connectivity index (χ3n) is 4.79. The summed E-state index contributed by atoms with van der Waals surface area (Å²) in [5.41, 5.74) is 3.76. The lowest BCUT2D eigenvalue weighted by Gasteiger charge is -2.17. The molecule has 1 heterocycles. The Kier molecular flexibility index (Phi) is 3.14. The quantitative estimate of drug-likeness (QED) is 0.476. The molecule has 6 nitrogen and oxygen atoms in total. The first kappa shape index (κ1) is 15.3. The summed E-state index contributed by atoms with van der Waals surface area (Å²) in [6, 6.07) is 16.9. The maximum absolute atomic E-state index is 13.0. The molecule has 0 fully saturated rings. The van der Waals surface area contributed by atoms with Crippen LogP contribution in [0, 0.1) is 4.91 Å². The summed E-state index contributed by atoms with van der Waals surface area (Å²) in [6.07, 6.45) is 0. The van der Waals surface area contributed by atoms with Gasteiger partial charge < -0.3 is 4.98 Å². The summed E-state index contributed by atoms with van der Waals surface area (Å²) in [5.74, 6) is 0.191. The maximum atomic E-state index is 13.0. The summed E-state index contributed by atoms with van der Waals surface area (Å²) in [5, 5.41) is 2.88. The Labute approximate surface area is 152 Å². The fourth-order valence-electron chi connectivity index (χ4n) is 3.48. The monoisotopic (exact) mass is 353 g/mol. The molecule has 0 saturated heterocycles. The van der Waals surface area contributed by atoms with E-state index in [2.05, 4.69) is 15.1 Å². The van der Waals surface area contributed by atoms with Crippen LogP contribution in [0.25, 0.3) is 22.4 Å². The average molecular weight is 353 g/mol. The van der Waals surface area contributed by atoms with E-state index in [-0.39, 0.29) is 11.6 Å². The number of aromatic nitrogens is 2. The predicted octanol–water partition coefficient (Wildman–Crippen LogP) is 4.40. The van der Waals surface area contributed by atoms with E-state index in [0.29, 0.717) is 44.8 Å². The number of H-pyrrole nitrogens is 1. The predicted molar refractivity (Wildman–Crippen MR) is 100 cm³/mol. The van der Waals surface area contributed by atoms with Gasteiger partial charge in [-0.1, -0.05) is 24.3 Å². The van der Waals surface area contributed by atoms with E-state index in [1.807, 2.05) is 0 Å². The fourth-order valence-corrected chi connectivity index (χ4v) is 3.48. The Bertz CT molecular complexity index is 1270. The lowest BCUT2D eigenvalue weighted by Crippen LogP contribution is -2.21. The van der Waals surface area contributed by atoms with Gasteiger partial charge in [-0.05, 0) is 41.6 Å². The van der Waals surface area contributed by atoms with Crippen molar-refractivity contribution < 1.29 is 9.59 Å². The van der Waals surface area contributed by atoms with Crippen LogP contribution in [0.5, 0.6) is 0 Å². The highest BCUT2D eigenvalue weighted by molar-refractivity contribution is 6.31. The van der Waals surface area contributed by atoms with Crippen LogP contribution in [-0.2, 0) is 0 Å². The van der Waals surface area contributed by atoms with Crippen LogP contribution in [0.3, 0.4) is 0 Å². The molecule has 0 radical (unpaired) electrons. The Morgan fingerprint density at radius 2 is 1.48 bits per heavy atom. The summed E-state index contributed by atoms with van der Waals surface area (Å²) < 4.78 is 0. The third kappa shape index (κ3) is 2.17. The van der Waals surface area contributed by atoms with Crippen LogP contribution >= 0.6 is 0 Å². The Morgan fingerprint density at radius 1 is 0.778 bits per heavy atom. The second kappa shape index (κ2) is 5.54. The number of imidazole rings is 1. The third-order valence-corrected chi connectivity index (χ3v) is 4.79. The molecule has 5 rings (SSSR count). The molecule has 1 aliphatic rings. The zero-order valence-electron chi connectivity index (χ0n) is 13.9. The molecule has 27 heavy (non-hydrogen) atoms. The van der Waals surface area contributed by atoms with E-state index in [9.17, 15) is 14.5 Å². The van der Waals surface area contributed by atoms with E-state index < -0.39 is 0 Å². The molecular formula is C21H11N3O3. The first-order valence-corrected chi connectivity index (χ1v) is 8.32. The Morgan fingerprint density at radius 3 is 2.19 bits per heavy atom. The van der Waals surface area contributed by atoms with Gasteiger partial charge >= 0.3 is 0 Å². The highest BCUT2D eigenvalue weighted by Gasteiger charge is 2.31. The molecule has 1 aromatic heterocycles. The summed E-state index contributed by atoms with van der Waals surface area (Å²) in [6.45, 7) is 0. The van der Waals surface area contributed by atoms with Crippen LogP contribution in [0.1, 0.15) is 31.8 Å². The highest BCUT2D eigenvalue weighted by atomic mass is 16.3. The molecule has 0 aliphatic heterocycles. The number of ketones is 2. The van der Waals surface area contributed by atoms with Gasteiger partial charge in [0.2, 0.25) is 0 Å². The standard InChI is InChI=1S/C21H11N3O3/c25-19-13-3-1-2-4-14(13)20(26)17-15(19)9-10-16-18(17)23-21(22-16)11-5-7-12(24-27)8-6-11/h1-10H,(H,22,23). The summed E-state index contributed by atoms with van der Waals surface area (Å²) in [4.78, 5) is 44.1. The second-order valence-corrected chi connectivity index (χ2v) is 6.31. The highest BCUT2D eigenvalue weighted by Crippen LogP contribution is 2.33. The second-order valence-electron chi connectivity index (χ2n) is 6.31. The molecule has 6 heteroatoms. The Hall–Kier alpha value is -3.93. The first-order valence-electron chi connectivity index (χ1n) is 8.32. The van der Waals surface area contributed by atoms with Crippen LogP contribution in [0.15, 0.2) is 65.8 Å². The number of nitrogens with zero attached hydrogens (tertiary/aromatic N) is 2. The van der Waals surface area contributed by atoms with Crippen molar-refractivity contribution in [3.05, 3.63) is 87.8 Å². The van der Waals surface area contributed by atoms with Gasteiger partial charge in [-0.25, -0.2) is 4.98 Å². The minimum Gasteiger partial charge on any atom is -0.337 e. The number of hydrogen-bond donors (Lipinski definition) is 1. The van der Waals surface area contributed by atoms with Gasteiger partial charge in [0.15, 0.2) is 11.6 Å².